The van der Waals surface area contributed by atoms with Crippen LogP contribution in [0.2, 0.25) is 5.02 Å². The minimum Gasteiger partial charge on any atom is -0.318 e. The van der Waals surface area contributed by atoms with Crippen molar-refractivity contribution < 1.29 is 4.39 Å². The summed E-state index contributed by atoms with van der Waals surface area (Å²) >= 11 is 6.07. The first-order chi connectivity index (χ1) is 15.6. The van der Waals surface area contributed by atoms with E-state index in [1.807, 2.05) is 31.4 Å². The summed E-state index contributed by atoms with van der Waals surface area (Å²) in [5.74, 6) is -0.408. The van der Waals surface area contributed by atoms with Crippen LogP contribution in [0.1, 0.15) is 0 Å². The van der Waals surface area contributed by atoms with E-state index < -0.39 is 5.82 Å². The number of hydrogen-bond donors (Lipinski definition) is 2. The minimum absolute atomic E-state index is 0.306. The lowest BCUT2D eigenvalue weighted by Crippen LogP contribution is -2.15. The zero-order valence-electron chi connectivity index (χ0n) is 17.0. The number of fused-ring (bicyclic) bond motifs is 1. The molecule has 0 amide bonds. The smallest absolute Gasteiger partial charge is 0.132 e. The molecule has 160 valence electrons. The fourth-order valence-corrected chi connectivity index (χ4v) is 3.60. The number of H-pyrrole nitrogens is 1. The second kappa shape index (κ2) is 8.45. The van der Waals surface area contributed by atoms with E-state index in [-0.39, 0.29) is 0 Å². The van der Waals surface area contributed by atoms with Crippen molar-refractivity contribution in [3.8, 4) is 33.8 Å². The van der Waals surface area contributed by atoms with Gasteiger partial charge < -0.3 is 5.32 Å². The first-order valence-electron chi connectivity index (χ1n) is 9.94. The van der Waals surface area contributed by atoms with Gasteiger partial charge in [0.2, 0.25) is 0 Å². The molecule has 10 heteroatoms. The number of likely N-dealkylation sites (N-methyl/N-ethyl adjacent to an activating group) is 1. The highest BCUT2D eigenvalue weighted by Gasteiger charge is 2.16. The van der Waals surface area contributed by atoms with Gasteiger partial charge in [-0.3, -0.25) is 14.8 Å². The third-order valence-electron chi connectivity index (χ3n) is 5.06. The molecule has 2 N–H and O–H groups in total. The molecule has 0 aliphatic rings. The van der Waals surface area contributed by atoms with Crippen molar-refractivity contribution in [3.63, 3.8) is 0 Å². The lowest BCUT2D eigenvalue weighted by molar-refractivity contribution is 0.565. The number of pyridine rings is 2. The van der Waals surface area contributed by atoms with Crippen molar-refractivity contribution >= 4 is 22.6 Å². The summed E-state index contributed by atoms with van der Waals surface area (Å²) in [5, 5.41) is 18.9. The molecule has 4 heterocycles. The fraction of sp³-hybridized carbons (Fsp3) is 0.136. The van der Waals surface area contributed by atoms with E-state index >= 15 is 0 Å². The van der Waals surface area contributed by atoms with Gasteiger partial charge in [0.1, 0.15) is 17.2 Å². The number of aromatic nitrogens is 7. The highest BCUT2D eigenvalue weighted by Crippen LogP contribution is 2.33. The topological polar surface area (TPSA) is 97.2 Å². The Bertz CT molecular complexity index is 1410. The third-order valence-corrected chi connectivity index (χ3v) is 5.30. The van der Waals surface area contributed by atoms with Gasteiger partial charge in [-0.05, 0) is 43.4 Å². The van der Waals surface area contributed by atoms with Gasteiger partial charge in [-0.2, -0.15) is 5.10 Å². The zero-order valence-corrected chi connectivity index (χ0v) is 17.8. The average Bonchev–Trinajstić information content (AvgIpc) is 3.48. The molecular formula is C22H18ClFN8. The Morgan fingerprint density at radius 3 is 2.88 bits per heavy atom. The van der Waals surface area contributed by atoms with Crippen molar-refractivity contribution in [2.75, 3.05) is 13.6 Å². The maximum atomic E-state index is 14.4. The average molecular weight is 449 g/mol. The van der Waals surface area contributed by atoms with Crippen molar-refractivity contribution in [3.05, 3.63) is 65.8 Å². The lowest BCUT2D eigenvalue weighted by atomic mass is 10.0. The number of hydrogen-bond acceptors (Lipinski definition) is 6. The fourth-order valence-electron chi connectivity index (χ4n) is 3.43. The highest BCUT2D eigenvalue weighted by molar-refractivity contribution is 6.30. The summed E-state index contributed by atoms with van der Waals surface area (Å²) in [6.07, 6.45) is 5.31. The monoisotopic (exact) mass is 448 g/mol. The maximum absolute atomic E-state index is 14.4. The number of rotatable bonds is 6. The number of aromatic amines is 1. The number of nitrogens with one attached hydrogen (secondary N) is 2. The van der Waals surface area contributed by atoms with E-state index in [1.54, 1.807) is 23.1 Å². The Morgan fingerprint density at radius 1 is 1.09 bits per heavy atom. The molecule has 0 saturated carbocycles. The zero-order chi connectivity index (χ0) is 22.1. The Kier molecular flexibility index (Phi) is 5.34. The van der Waals surface area contributed by atoms with Gasteiger partial charge in [0.05, 0.1) is 29.5 Å². The molecule has 0 unspecified atom stereocenters. The molecule has 1 aromatic carbocycles. The van der Waals surface area contributed by atoms with Crippen LogP contribution in [-0.2, 0) is 6.54 Å². The molecule has 0 fully saturated rings. The Hall–Kier alpha value is -3.69. The van der Waals surface area contributed by atoms with E-state index in [9.17, 15) is 4.39 Å². The largest absolute Gasteiger partial charge is 0.318 e. The van der Waals surface area contributed by atoms with Crippen LogP contribution in [0.3, 0.4) is 0 Å². The summed E-state index contributed by atoms with van der Waals surface area (Å²) in [6.45, 7) is 1.51. The van der Waals surface area contributed by atoms with Gasteiger partial charge in [-0.15, -0.1) is 5.10 Å². The predicted octanol–water partition coefficient (Wildman–Crippen LogP) is 3.96. The van der Waals surface area contributed by atoms with Gasteiger partial charge in [0.15, 0.2) is 0 Å². The van der Waals surface area contributed by atoms with E-state index in [1.165, 1.54) is 12.1 Å². The van der Waals surface area contributed by atoms with Gasteiger partial charge in [0, 0.05) is 40.7 Å². The van der Waals surface area contributed by atoms with Crippen molar-refractivity contribution in [2.24, 2.45) is 0 Å². The first-order valence-corrected chi connectivity index (χ1v) is 10.3. The summed E-state index contributed by atoms with van der Waals surface area (Å²) in [7, 11) is 1.89. The summed E-state index contributed by atoms with van der Waals surface area (Å²) in [6, 6.07) is 10.00. The highest BCUT2D eigenvalue weighted by atomic mass is 35.5. The molecule has 4 aromatic heterocycles. The summed E-state index contributed by atoms with van der Waals surface area (Å²) < 4.78 is 16.2. The quantitative estimate of drug-likeness (QED) is 0.408. The molecule has 0 spiro atoms. The maximum Gasteiger partial charge on any atom is 0.132 e. The Morgan fingerprint density at radius 2 is 2.00 bits per heavy atom. The van der Waals surface area contributed by atoms with Crippen LogP contribution in [0.15, 0.2) is 55.0 Å². The summed E-state index contributed by atoms with van der Waals surface area (Å²) in [5.41, 5.74) is 4.99. The van der Waals surface area contributed by atoms with Crippen LogP contribution in [0.5, 0.6) is 0 Å². The standard InChI is InChI=1S/C22H18ClFN8/c1-25-6-7-32-12-21(29-31-32)13-8-20-19(26-10-13)5-4-18(28-20)16-11-27-30-22(16)15-9-14(23)2-3-17(15)24/h2-5,8-12,25H,6-7H2,1H3,(H,27,30). The van der Waals surface area contributed by atoms with Gasteiger partial charge in [0.25, 0.3) is 0 Å². The SMILES string of the molecule is CNCCn1cc(-c2cnc3ccc(-c4c[nH]nc4-c4cc(Cl)ccc4F)nc3c2)nn1. The summed E-state index contributed by atoms with van der Waals surface area (Å²) in [4.78, 5) is 9.26. The van der Waals surface area contributed by atoms with Crippen LogP contribution in [0.4, 0.5) is 4.39 Å². The first kappa shape index (κ1) is 20.2. The molecule has 0 aliphatic carbocycles. The molecule has 0 bridgehead atoms. The Balaban J connectivity index is 1.54. The molecule has 5 aromatic rings. The second-order valence-electron chi connectivity index (χ2n) is 7.20. The van der Waals surface area contributed by atoms with Gasteiger partial charge in [-0.25, -0.2) is 9.37 Å². The molecule has 0 radical (unpaired) electrons. The van der Waals surface area contributed by atoms with E-state index in [0.29, 0.717) is 38.7 Å². The molecule has 0 aliphatic heterocycles. The number of halogens is 2. The van der Waals surface area contributed by atoms with E-state index in [0.717, 1.165) is 24.2 Å². The predicted molar refractivity (Wildman–Crippen MR) is 120 cm³/mol. The molecule has 8 nitrogen and oxygen atoms in total. The molecule has 0 saturated heterocycles. The molecule has 5 rings (SSSR count). The minimum atomic E-state index is -0.408. The van der Waals surface area contributed by atoms with E-state index in [4.69, 9.17) is 16.6 Å². The van der Waals surface area contributed by atoms with Crippen molar-refractivity contribution in [1.29, 1.82) is 0 Å². The van der Waals surface area contributed by atoms with Crippen LogP contribution in [0.25, 0.3) is 44.8 Å². The number of benzene rings is 1. The van der Waals surface area contributed by atoms with Crippen LogP contribution >= 0.6 is 11.6 Å². The van der Waals surface area contributed by atoms with Crippen molar-refractivity contribution in [2.45, 2.75) is 6.54 Å². The lowest BCUT2D eigenvalue weighted by Gasteiger charge is -2.06. The third kappa shape index (κ3) is 3.83. The number of nitrogens with zero attached hydrogens (tertiary/aromatic N) is 6. The van der Waals surface area contributed by atoms with E-state index in [2.05, 4.69) is 30.8 Å². The van der Waals surface area contributed by atoms with Gasteiger partial charge >= 0.3 is 0 Å². The molecule has 0 atom stereocenters. The molecule has 32 heavy (non-hydrogen) atoms. The second-order valence-corrected chi connectivity index (χ2v) is 7.64. The normalized spacial score (nSPS) is 11.3. The van der Waals surface area contributed by atoms with Crippen molar-refractivity contribution in [1.82, 2.24) is 40.5 Å². The molecular weight excluding hydrogens is 431 g/mol. The van der Waals surface area contributed by atoms with Gasteiger partial charge in [-0.1, -0.05) is 16.8 Å². The van der Waals surface area contributed by atoms with Crippen LogP contribution < -0.4 is 5.32 Å². The van der Waals surface area contributed by atoms with Crippen LogP contribution in [-0.4, -0.2) is 48.8 Å². The van der Waals surface area contributed by atoms with Crippen LogP contribution in [0, 0.1) is 5.82 Å². The Labute approximate surface area is 187 Å².